The number of H-pyrrole nitrogens is 1. The summed E-state index contributed by atoms with van der Waals surface area (Å²) < 4.78 is 0.840. The van der Waals surface area contributed by atoms with Crippen LogP contribution < -0.4 is 0 Å². The van der Waals surface area contributed by atoms with Crippen molar-refractivity contribution in [3.63, 3.8) is 0 Å². The molecule has 0 aliphatic rings. The molecule has 0 fully saturated rings. The van der Waals surface area contributed by atoms with Gasteiger partial charge in [0.1, 0.15) is 6.61 Å². The Balaban J connectivity index is 1.88. The number of oxime groups is 1. The second-order valence-electron chi connectivity index (χ2n) is 3.27. The molecule has 0 aliphatic heterocycles. The molecule has 0 aliphatic carbocycles. The Morgan fingerprint density at radius 2 is 2.41 bits per heavy atom. The largest absolute Gasteiger partial charge is 0.391 e. The van der Waals surface area contributed by atoms with Gasteiger partial charge in [-0.15, -0.1) is 0 Å². The van der Waals surface area contributed by atoms with E-state index in [0.29, 0.717) is 11.6 Å². The van der Waals surface area contributed by atoms with Crippen LogP contribution in [0.4, 0.5) is 0 Å². The van der Waals surface area contributed by atoms with E-state index >= 15 is 0 Å². The minimum atomic E-state index is 0.378. The van der Waals surface area contributed by atoms with E-state index in [9.17, 15) is 0 Å². The number of halogens is 2. The number of rotatable bonds is 4. The molecule has 2 aromatic rings. The summed E-state index contributed by atoms with van der Waals surface area (Å²) in [6.45, 7) is 0.378. The Bertz CT molecular complexity index is 527. The standard InChI is InChI=1S/C11H9BrClN3O/c12-10-5-14-16-11(10)6-15-17-7-8-2-1-3-9(13)4-8/h1-6H,7H2,(H,14,16)/b15-6+. The number of hydrogen-bond acceptors (Lipinski definition) is 3. The Morgan fingerprint density at radius 1 is 1.53 bits per heavy atom. The van der Waals surface area contributed by atoms with Gasteiger partial charge in [0.25, 0.3) is 0 Å². The molecule has 0 saturated heterocycles. The van der Waals surface area contributed by atoms with Crippen molar-refractivity contribution >= 4 is 33.7 Å². The van der Waals surface area contributed by atoms with E-state index in [4.69, 9.17) is 16.4 Å². The maximum absolute atomic E-state index is 5.85. The molecule has 0 amide bonds. The van der Waals surface area contributed by atoms with Crippen molar-refractivity contribution in [2.45, 2.75) is 6.61 Å². The van der Waals surface area contributed by atoms with E-state index in [-0.39, 0.29) is 0 Å². The van der Waals surface area contributed by atoms with Crippen LogP contribution in [0.15, 0.2) is 40.1 Å². The zero-order chi connectivity index (χ0) is 12.1. The molecule has 0 spiro atoms. The lowest BCUT2D eigenvalue weighted by atomic mass is 10.2. The quantitative estimate of drug-likeness (QED) is 0.695. The summed E-state index contributed by atoms with van der Waals surface area (Å²) >= 11 is 9.16. The molecule has 0 bridgehead atoms. The molecule has 4 nitrogen and oxygen atoms in total. The molecular formula is C11H9BrClN3O. The van der Waals surface area contributed by atoms with E-state index in [2.05, 4.69) is 31.3 Å². The highest BCUT2D eigenvalue weighted by Gasteiger charge is 1.97. The van der Waals surface area contributed by atoms with Crippen molar-refractivity contribution in [1.29, 1.82) is 0 Å². The van der Waals surface area contributed by atoms with Crippen LogP contribution in [0.5, 0.6) is 0 Å². The van der Waals surface area contributed by atoms with Gasteiger partial charge in [-0.05, 0) is 33.6 Å². The number of nitrogens with one attached hydrogen (secondary N) is 1. The van der Waals surface area contributed by atoms with Crippen LogP contribution in [0.1, 0.15) is 11.3 Å². The van der Waals surface area contributed by atoms with Gasteiger partial charge in [-0.1, -0.05) is 28.9 Å². The number of nitrogens with zero attached hydrogens (tertiary/aromatic N) is 2. The van der Waals surface area contributed by atoms with E-state index in [1.54, 1.807) is 12.4 Å². The topological polar surface area (TPSA) is 50.3 Å². The first-order chi connectivity index (χ1) is 8.25. The Kier molecular flexibility index (Phi) is 4.17. The first kappa shape index (κ1) is 12.1. The fraction of sp³-hybridized carbons (Fsp3) is 0.0909. The van der Waals surface area contributed by atoms with Crippen LogP contribution in [0, 0.1) is 0 Å². The molecule has 0 radical (unpaired) electrons. The Morgan fingerprint density at radius 3 is 3.12 bits per heavy atom. The van der Waals surface area contributed by atoms with Gasteiger partial charge in [0, 0.05) is 5.02 Å². The zero-order valence-corrected chi connectivity index (χ0v) is 11.1. The lowest BCUT2D eigenvalue weighted by Crippen LogP contribution is -1.89. The van der Waals surface area contributed by atoms with Gasteiger partial charge < -0.3 is 4.84 Å². The van der Waals surface area contributed by atoms with Gasteiger partial charge in [-0.3, -0.25) is 5.10 Å². The van der Waals surface area contributed by atoms with Crippen LogP contribution in [0.2, 0.25) is 5.02 Å². The molecule has 0 unspecified atom stereocenters. The second kappa shape index (κ2) is 5.84. The van der Waals surface area contributed by atoms with E-state index in [1.807, 2.05) is 24.3 Å². The highest BCUT2D eigenvalue weighted by Crippen LogP contribution is 2.12. The third-order valence-corrected chi connectivity index (χ3v) is 2.86. The van der Waals surface area contributed by atoms with Gasteiger partial charge in [-0.25, -0.2) is 0 Å². The van der Waals surface area contributed by atoms with Crippen LogP contribution in [0.3, 0.4) is 0 Å². The van der Waals surface area contributed by atoms with E-state index < -0.39 is 0 Å². The van der Waals surface area contributed by atoms with Gasteiger partial charge >= 0.3 is 0 Å². The van der Waals surface area contributed by atoms with Crippen molar-refractivity contribution < 1.29 is 4.84 Å². The molecule has 0 saturated carbocycles. The van der Waals surface area contributed by atoms with Gasteiger partial charge in [0.05, 0.1) is 22.6 Å². The summed E-state index contributed by atoms with van der Waals surface area (Å²) in [5, 5.41) is 11.1. The highest BCUT2D eigenvalue weighted by molar-refractivity contribution is 9.10. The fourth-order valence-corrected chi connectivity index (χ4v) is 1.71. The summed E-state index contributed by atoms with van der Waals surface area (Å²) in [7, 11) is 0. The van der Waals surface area contributed by atoms with Crippen molar-refractivity contribution in [3.8, 4) is 0 Å². The highest BCUT2D eigenvalue weighted by atomic mass is 79.9. The van der Waals surface area contributed by atoms with Crippen molar-refractivity contribution in [3.05, 3.63) is 51.2 Å². The molecule has 1 aromatic carbocycles. The molecule has 6 heteroatoms. The number of benzene rings is 1. The monoisotopic (exact) mass is 313 g/mol. The van der Waals surface area contributed by atoms with Gasteiger partial charge in [-0.2, -0.15) is 5.10 Å². The zero-order valence-electron chi connectivity index (χ0n) is 8.73. The van der Waals surface area contributed by atoms with Gasteiger partial charge in [0.15, 0.2) is 0 Å². The maximum atomic E-state index is 5.85. The smallest absolute Gasteiger partial charge is 0.142 e. The lowest BCUT2D eigenvalue weighted by Gasteiger charge is -1.99. The van der Waals surface area contributed by atoms with Crippen LogP contribution in [-0.2, 0) is 11.4 Å². The average Bonchev–Trinajstić information content (AvgIpc) is 2.71. The minimum Gasteiger partial charge on any atom is -0.391 e. The van der Waals surface area contributed by atoms with Crippen molar-refractivity contribution in [1.82, 2.24) is 10.2 Å². The van der Waals surface area contributed by atoms with E-state index in [1.165, 1.54) is 0 Å². The molecule has 1 heterocycles. The SMILES string of the molecule is Clc1cccc(CO/N=C/c2[nH]ncc2Br)c1. The van der Waals surface area contributed by atoms with Gasteiger partial charge in [0.2, 0.25) is 0 Å². The average molecular weight is 315 g/mol. The molecule has 17 heavy (non-hydrogen) atoms. The van der Waals surface area contributed by atoms with Crippen molar-refractivity contribution in [2.24, 2.45) is 5.16 Å². The summed E-state index contributed by atoms with van der Waals surface area (Å²) in [4.78, 5) is 5.15. The molecular weight excluding hydrogens is 305 g/mol. The number of hydrogen-bond donors (Lipinski definition) is 1. The Labute approximate surface area is 112 Å². The van der Waals surface area contributed by atoms with Crippen LogP contribution >= 0.6 is 27.5 Å². The molecule has 88 valence electrons. The van der Waals surface area contributed by atoms with Crippen molar-refractivity contribution in [2.75, 3.05) is 0 Å². The first-order valence-corrected chi connectivity index (χ1v) is 6.01. The number of aromatic amines is 1. The van der Waals surface area contributed by atoms with Crippen LogP contribution in [0.25, 0.3) is 0 Å². The Hall–Kier alpha value is -1.33. The summed E-state index contributed by atoms with van der Waals surface area (Å²) in [6.07, 6.45) is 3.21. The molecule has 1 N–H and O–H groups in total. The third-order valence-electron chi connectivity index (χ3n) is 2.00. The molecule has 1 aromatic heterocycles. The summed E-state index contributed by atoms with van der Waals surface area (Å²) in [6, 6.07) is 7.45. The molecule has 2 rings (SSSR count). The fourth-order valence-electron chi connectivity index (χ4n) is 1.20. The first-order valence-electron chi connectivity index (χ1n) is 4.84. The minimum absolute atomic E-state index is 0.378. The van der Waals surface area contributed by atoms with E-state index in [0.717, 1.165) is 15.7 Å². The molecule has 0 atom stereocenters. The second-order valence-corrected chi connectivity index (χ2v) is 4.56. The number of aromatic nitrogens is 2. The normalized spacial score (nSPS) is 10.9. The summed E-state index contributed by atoms with van der Waals surface area (Å²) in [5.74, 6) is 0. The predicted molar refractivity (Wildman–Crippen MR) is 70.1 cm³/mol. The predicted octanol–water partition coefficient (Wildman–Crippen LogP) is 3.38. The lowest BCUT2D eigenvalue weighted by molar-refractivity contribution is 0.132. The van der Waals surface area contributed by atoms with Crippen LogP contribution in [-0.4, -0.2) is 16.4 Å². The maximum Gasteiger partial charge on any atom is 0.142 e. The summed E-state index contributed by atoms with van der Waals surface area (Å²) in [5.41, 5.74) is 1.73. The third kappa shape index (κ3) is 3.57.